The fraction of sp³-hybridized carbons (Fsp3) is 0.389. The largest absolute Gasteiger partial charge is 0.341 e. The Bertz CT molecular complexity index is 687. The highest BCUT2D eigenvalue weighted by Crippen LogP contribution is 2.32. The van der Waals surface area contributed by atoms with Crippen LogP contribution in [-0.4, -0.2) is 46.5 Å². The van der Waals surface area contributed by atoms with Crippen molar-refractivity contribution in [2.24, 2.45) is 5.92 Å². The summed E-state index contributed by atoms with van der Waals surface area (Å²) in [6.07, 6.45) is 3.78. The molecule has 0 bridgehead atoms. The van der Waals surface area contributed by atoms with Gasteiger partial charge < -0.3 is 4.90 Å². The van der Waals surface area contributed by atoms with Gasteiger partial charge in [0.05, 0.1) is 4.91 Å². The molecular formula is C18H20N2O3S. The van der Waals surface area contributed by atoms with E-state index in [9.17, 15) is 14.4 Å². The highest BCUT2D eigenvalue weighted by Gasteiger charge is 2.37. The first-order valence-corrected chi connectivity index (χ1v) is 8.94. The number of hydrogen-bond donors (Lipinski definition) is 0. The number of piperidine rings is 1. The molecule has 1 atom stereocenters. The fourth-order valence-corrected chi connectivity index (χ4v) is 3.83. The van der Waals surface area contributed by atoms with E-state index >= 15 is 0 Å². The van der Waals surface area contributed by atoms with Gasteiger partial charge in [-0.3, -0.25) is 19.3 Å². The van der Waals surface area contributed by atoms with Crippen LogP contribution in [0.15, 0.2) is 35.2 Å². The molecule has 2 fully saturated rings. The van der Waals surface area contributed by atoms with Crippen LogP contribution in [0.5, 0.6) is 0 Å². The lowest BCUT2D eigenvalue weighted by Crippen LogP contribution is -2.45. The number of amides is 3. The van der Waals surface area contributed by atoms with Gasteiger partial charge in [-0.05, 0) is 42.2 Å². The molecule has 1 aromatic rings. The van der Waals surface area contributed by atoms with E-state index < -0.39 is 0 Å². The molecule has 2 aliphatic rings. The second kappa shape index (κ2) is 7.21. The molecular weight excluding hydrogens is 324 g/mol. The lowest BCUT2D eigenvalue weighted by atomic mass is 10.0. The van der Waals surface area contributed by atoms with Crippen molar-refractivity contribution >= 4 is 34.9 Å². The van der Waals surface area contributed by atoms with Crippen molar-refractivity contribution in [3.8, 4) is 0 Å². The minimum Gasteiger partial charge on any atom is -0.341 e. The molecule has 126 valence electrons. The number of hydrogen-bond acceptors (Lipinski definition) is 4. The Hall–Kier alpha value is -2.08. The smallest absolute Gasteiger partial charge is 0.294 e. The van der Waals surface area contributed by atoms with E-state index in [1.54, 1.807) is 11.0 Å². The number of carbonyl (C=O) groups excluding carboxylic acids is 3. The lowest BCUT2D eigenvalue weighted by Gasteiger charge is -2.31. The third-order valence-electron chi connectivity index (χ3n) is 4.27. The maximum atomic E-state index is 12.4. The number of imide groups is 1. The Kier molecular flexibility index (Phi) is 5.04. The summed E-state index contributed by atoms with van der Waals surface area (Å²) in [6.45, 7) is 3.36. The summed E-state index contributed by atoms with van der Waals surface area (Å²) in [7, 11) is 0. The van der Waals surface area contributed by atoms with E-state index in [0.717, 1.165) is 35.1 Å². The van der Waals surface area contributed by atoms with Crippen molar-refractivity contribution in [2.75, 3.05) is 19.6 Å². The average Bonchev–Trinajstić information content (AvgIpc) is 2.83. The van der Waals surface area contributed by atoms with Crippen LogP contribution in [0.4, 0.5) is 4.79 Å². The number of thioether (sulfide) groups is 1. The molecule has 2 saturated heterocycles. The minimum atomic E-state index is -0.382. The van der Waals surface area contributed by atoms with Crippen LogP contribution in [0.3, 0.4) is 0 Å². The standard InChI is InChI=1S/C18H20N2O3S/c1-13-6-5-9-19(11-13)16(21)12-20-17(22)15(24-18(20)23)10-14-7-3-2-4-8-14/h2-4,7-8,10,13H,5-6,9,11-12H2,1H3/b15-10+. The summed E-state index contributed by atoms with van der Waals surface area (Å²) in [5, 5.41) is -0.374. The summed E-state index contributed by atoms with van der Waals surface area (Å²) in [4.78, 5) is 40.2. The van der Waals surface area contributed by atoms with E-state index in [4.69, 9.17) is 0 Å². The van der Waals surface area contributed by atoms with Crippen molar-refractivity contribution in [1.29, 1.82) is 0 Å². The number of nitrogens with zero attached hydrogens (tertiary/aromatic N) is 2. The molecule has 3 amide bonds. The van der Waals surface area contributed by atoms with Gasteiger partial charge in [-0.25, -0.2) is 0 Å². The summed E-state index contributed by atoms with van der Waals surface area (Å²) in [5.41, 5.74) is 0.860. The second-order valence-electron chi connectivity index (χ2n) is 6.27. The van der Waals surface area contributed by atoms with Crippen LogP contribution in [0.25, 0.3) is 6.08 Å². The van der Waals surface area contributed by atoms with Gasteiger partial charge >= 0.3 is 0 Å². The monoisotopic (exact) mass is 344 g/mol. The van der Waals surface area contributed by atoms with E-state index in [0.29, 0.717) is 23.9 Å². The fourth-order valence-electron chi connectivity index (χ4n) is 2.99. The molecule has 0 saturated carbocycles. The maximum absolute atomic E-state index is 12.4. The summed E-state index contributed by atoms with van der Waals surface area (Å²) in [5.74, 6) is -0.0623. The molecule has 0 spiro atoms. The molecule has 3 rings (SSSR count). The van der Waals surface area contributed by atoms with E-state index in [2.05, 4.69) is 6.92 Å². The molecule has 2 aliphatic heterocycles. The Balaban J connectivity index is 1.68. The van der Waals surface area contributed by atoms with Crippen molar-refractivity contribution in [1.82, 2.24) is 9.80 Å². The zero-order valence-electron chi connectivity index (χ0n) is 13.6. The number of carbonyl (C=O) groups is 3. The topological polar surface area (TPSA) is 57.7 Å². The predicted octanol–water partition coefficient (Wildman–Crippen LogP) is 2.98. The maximum Gasteiger partial charge on any atom is 0.294 e. The molecule has 5 nitrogen and oxygen atoms in total. The van der Waals surface area contributed by atoms with Crippen molar-refractivity contribution in [3.05, 3.63) is 40.8 Å². The molecule has 6 heteroatoms. The van der Waals surface area contributed by atoms with Gasteiger partial charge in [0.15, 0.2) is 0 Å². The zero-order valence-corrected chi connectivity index (χ0v) is 14.4. The molecule has 24 heavy (non-hydrogen) atoms. The summed E-state index contributed by atoms with van der Waals surface area (Å²) < 4.78 is 0. The number of likely N-dealkylation sites (tertiary alicyclic amines) is 1. The predicted molar refractivity (Wildman–Crippen MR) is 94.1 cm³/mol. The zero-order chi connectivity index (χ0) is 17.1. The summed E-state index contributed by atoms with van der Waals surface area (Å²) in [6, 6.07) is 9.37. The molecule has 1 unspecified atom stereocenters. The van der Waals surface area contributed by atoms with Gasteiger partial charge in [0.25, 0.3) is 11.1 Å². The molecule has 1 aromatic carbocycles. The van der Waals surface area contributed by atoms with Gasteiger partial charge in [0, 0.05) is 13.1 Å². The van der Waals surface area contributed by atoms with Gasteiger partial charge in [-0.15, -0.1) is 0 Å². The lowest BCUT2D eigenvalue weighted by molar-refractivity contribution is -0.137. The third-order valence-corrected chi connectivity index (χ3v) is 5.18. The Labute approximate surface area is 145 Å². The molecule has 0 radical (unpaired) electrons. The SMILES string of the molecule is CC1CCCN(C(=O)CN2C(=O)S/C(=C/c3ccccc3)C2=O)C1. The Morgan fingerprint density at radius 1 is 1.29 bits per heavy atom. The minimum absolute atomic E-state index is 0.148. The number of benzene rings is 1. The Morgan fingerprint density at radius 2 is 2.04 bits per heavy atom. The van der Waals surface area contributed by atoms with Crippen molar-refractivity contribution in [2.45, 2.75) is 19.8 Å². The van der Waals surface area contributed by atoms with Crippen LogP contribution < -0.4 is 0 Å². The normalized spacial score (nSPS) is 23.2. The first kappa shape index (κ1) is 16.8. The quantitative estimate of drug-likeness (QED) is 0.791. The molecule has 0 N–H and O–H groups in total. The van der Waals surface area contributed by atoms with Gasteiger partial charge in [-0.2, -0.15) is 0 Å². The van der Waals surface area contributed by atoms with E-state index in [1.165, 1.54) is 0 Å². The first-order chi connectivity index (χ1) is 11.5. The summed E-state index contributed by atoms with van der Waals surface area (Å²) >= 11 is 0.894. The number of rotatable bonds is 3. The van der Waals surface area contributed by atoms with Crippen LogP contribution in [0.2, 0.25) is 0 Å². The van der Waals surface area contributed by atoms with Crippen LogP contribution >= 0.6 is 11.8 Å². The highest BCUT2D eigenvalue weighted by atomic mass is 32.2. The van der Waals surface area contributed by atoms with Gasteiger partial charge in [-0.1, -0.05) is 37.3 Å². The molecule has 0 aromatic heterocycles. The van der Waals surface area contributed by atoms with Crippen LogP contribution in [0.1, 0.15) is 25.3 Å². The second-order valence-corrected chi connectivity index (χ2v) is 7.26. The van der Waals surface area contributed by atoms with E-state index in [-0.39, 0.29) is 23.6 Å². The van der Waals surface area contributed by atoms with Gasteiger partial charge in [0.2, 0.25) is 5.91 Å². The van der Waals surface area contributed by atoms with E-state index in [1.807, 2.05) is 30.3 Å². The van der Waals surface area contributed by atoms with Crippen molar-refractivity contribution in [3.63, 3.8) is 0 Å². The Morgan fingerprint density at radius 3 is 2.75 bits per heavy atom. The third kappa shape index (κ3) is 3.70. The molecule has 0 aliphatic carbocycles. The first-order valence-electron chi connectivity index (χ1n) is 8.13. The average molecular weight is 344 g/mol. The van der Waals surface area contributed by atoms with Gasteiger partial charge in [0.1, 0.15) is 6.54 Å². The molecule has 2 heterocycles. The van der Waals surface area contributed by atoms with Crippen LogP contribution in [-0.2, 0) is 9.59 Å². The van der Waals surface area contributed by atoms with Crippen molar-refractivity contribution < 1.29 is 14.4 Å². The van der Waals surface area contributed by atoms with Crippen LogP contribution in [0, 0.1) is 5.92 Å². The highest BCUT2D eigenvalue weighted by molar-refractivity contribution is 8.18.